The molecule has 0 saturated heterocycles. The molecular weight excluding hydrogens is 268 g/mol. The Morgan fingerprint density at radius 2 is 2.10 bits per heavy atom. The van der Waals surface area contributed by atoms with E-state index >= 15 is 0 Å². The number of hydrogen-bond acceptors (Lipinski definition) is 4. The van der Waals surface area contributed by atoms with Gasteiger partial charge in [0.05, 0.1) is 16.7 Å². The van der Waals surface area contributed by atoms with Crippen molar-refractivity contribution in [2.75, 3.05) is 5.32 Å². The largest absolute Gasteiger partial charge is 0.385 e. The molecule has 4 heteroatoms. The molecule has 3 nitrogen and oxygen atoms in total. The molecule has 3 rings (SSSR count). The number of aliphatic hydroxyl groups is 1. The van der Waals surface area contributed by atoms with Crippen molar-refractivity contribution in [3.8, 4) is 0 Å². The number of nitrogens with zero attached hydrogens (tertiary/aromatic N) is 1. The lowest BCUT2D eigenvalue weighted by Gasteiger charge is -2.18. The predicted octanol–water partition coefficient (Wildman–Crippen LogP) is 3.51. The first-order valence-corrected chi connectivity index (χ1v) is 7.81. The van der Waals surface area contributed by atoms with E-state index in [4.69, 9.17) is 0 Å². The maximum atomic E-state index is 10.6. The van der Waals surface area contributed by atoms with E-state index in [1.165, 1.54) is 5.56 Å². The number of thiazole rings is 1. The number of para-hydroxylation sites is 1. The first-order chi connectivity index (χ1) is 9.45. The highest BCUT2D eigenvalue weighted by molar-refractivity contribution is 7.09. The van der Waals surface area contributed by atoms with Gasteiger partial charge in [-0.3, -0.25) is 0 Å². The van der Waals surface area contributed by atoms with Crippen LogP contribution < -0.4 is 5.32 Å². The number of hydrogen-bond donors (Lipinski definition) is 2. The van der Waals surface area contributed by atoms with Crippen molar-refractivity contribution in [3.05, 3.63) is 45.9 Å². The zero-order valence-corrected chi connectivity index (χ0v) is 12.9. The molecule has 0 amide bonds. The van der Waals surface area contributed by atoms with Gasteiger partial charge in [0.15, 0.2) is 0 Å². The van der Waals surface area contributed by atoms with E-state index < -0.39 is 6.10 Å². The highest BCUT2D eigenvalue weighted by atomic mass is 32.1. The molecule has 2 heterocycles. The fraction of sp³-hybridized carbons (Fsp3) is 0.438. The van der Waals surface area contributed by atoms with Gasteiger partial charge in [-0.1, -0.05) is 39.0 Å². The van der Waals surface area contributed by atoms with Gasteiger partial charge in [-0.05, 0) is 18.1 Å². The number of rotatable bonds is 2. The molecule has 106 valence electrons. The smallest absolute Gasteiger partial charge is 0.117 e. The lowest BCUT2D eigenvalue weighted by molar-refractivity contribution is 0.152. The van der Waals surface area contributed by atoms with Crippen molar-refractivity contribution < 1.29 is 5.11 Å². The van der Waals surface area contributed by atoms with Crippen LogP contribution in [0.25, 0.3) is 0 Å². The van der Waals surface area contributed by atoms with Crippen LogP contribution in [0, 0.1) is 0 Å². The minimum Gasteiger partial charge on any atom is -0.385 e. The van der Waals surface area contributed by atoms with E-state index in [0.29, 0.717) is 0 Å². The summed E-state index contributed by atoms with van der Waals surface area (Å²) in [5.41, 5.74) is 3.21. The van der Waals surface area contributed by atoms with Gasteiger partial charge in [0.1, 0.15) is 6.10 Å². The van der Waals surface area contributed by atoms with Crippen LogP contribution in [0.15, 0.2) is 29.6 Å². The summed E-state index contributed by atoms with van der Waals surface area (Å²) in [6, 6.07) is 8.24. The van der Waals surface area contributed by atoms with Crippen molar-refractivity contribution >= 4 is 17.0 Å². The summed E-state index contributed by atoms with van der Waals surface area (Å²) in [7, 11) is 0. The van der Waals surface area contributed by atoms with E-state index in [2.05, 4.69) is 43.2 Å². The molecule has 0 bridgehead atoms. The normalized spacial score (nSPS) is 19.5. The second kappa shape index (κ2) is 4.86. The first-order valence-electron chi connectivity index (χ1n) is 6.93. The van der Waals surface area contributed by atoms with Crippen LogP contribution >= 0.6 is 11.3 Å². The van der Waals surface area contributed by atoms with E-state index in [1.54, 1.807) is 11.3 Å². The molecule has 2 aromatic rings. The van der Waals surface area contributed by atoms with Crippen LogP contribution in [-0.4, -0.2) is 16.1 Å². The van der Waals surface area contributed by atoms with Gasteiger partial charge < -0.3 is 10.4 Å². The van der Waals surface area contributed by atoms with Crippen LogP contribution in [0.3, 0.4) is 0 Å². The Bertz CT molecular complexity index is 590. The summed E-state index contributed by atoms with van der Waals surface area (Å²) in [5, 5.41) is 17.0. The molecule has 0 spiro atoms. The Balaban J connectivity index is 1.78. The topological polar surface area (TPSA) is 45.2 Å². The van der Waals surface area contributed by atoms with Gasteiger partial charge in [0, 0.05) is 16.5 Å². The fourth-order valence-electron chi connectivity index (χ4n) is 2.49. The molecule has 2 N–H and O–H groups in total. The van der Waals surface area contributed by atoms with Crippen LogP contribution in [0.4, 0.5) is 5.69 Å². The molecule has 1 aliphatic rings. The molecule has 0 saturated carbocycles. The molecule has 0 fully saturated rings. The maximum Gasteiger partial charge on any atom is 0.117 e. The average Bonchev–Trinajstić information content (AvgIpc) is 3.04. The summed E-state index contributed by atoms with van der Waals surface area (Å²) in [4.78, 5) is 4.62. The minimum atomic E-state index is -0.560. The Morgan fingerprint density at radius 1 is 1.35 bits per heavy atom. The quantitative estimate of drug-likeness (QED) is 0.889. The number of aromatic nitrogens is 1. The van der Waals surface area contributed by atoms with Crippen LogP contribution in [-0.2, 0) is 11.8 Å². The third kappa shape index (κ3) is 2.45. The minimum absolute atomic E-state index is 0.0160. The number of benzene rings is 1. The molecular formula is C16H20N2OS. The lowest BCUT2D eigenvalue weighted by atomic mass is 9.98. The zero-order valence-electron chi connectivity index (χ0n) is 12.1. The summed E-state index contributed by atoms with van der Waals surface area (Å²) >= 11 is 1.63. The molecule has 1 aromatic heterocycles. The SMILES string of the molecule is CC(C)(C)c1nc(C(O)C2Cc3ccccc3N2)cs1. The summed E-state index contributed by atoms with van der Waals surface area (Å²) < 4.78 is 0. The molecule has 2 unspecified atom stereocenters. The van der Waals surface area contributed by atoms with Crippen molar-refractivity contribution in [3.63, 3.8) is 0 Å². The maximum absolute atomic E-state index is 10.6. The van der Waals surface area contributed by atoms with E-state index in [-0.39, 0.29) is 11.5 Å². The number of fused-ring (bicyclic) bond motifs is 1. The molecule has 2 atom stereocenters. The van der Waals surface area contributed by atoms with Gasteiger partial charge in [-0.15, -0.1) is 11.3 Å². The van der Waals surface area contributed by atoms with Crippen molar-refractivity contribution in [2.45, 2.75) is 44.8 Å². The summed E-state index contributed by atoms with van der Waals surface area (Å²) in [5.74, 6) is 0. The highest BCUT2D eigenvalue weighted by Crippen LogP contribution is 2.34. The summed E-state index contributed by atoms with van der Waals surface area (Å²) in [6.07, 6.45) is 0.287. The van der Waals surface area contributed by atoms with E-state index in [0.717, 1.165) is 22.8 Å². The first kappa shape index (κ1) is 13.6. The third-order valence-corrected chi connectivity index (χ3v) is 4.93. The zero-order chi connectivity index (χ0) is 14.3. The number of nitrogens with one attached hydrogen (secondary N) is 1. The molecule has 20 heavy (non-hydrogen) atoms. The molecule has 0 radical (unpaired) electrons. The van der Waals surface area contributed by atoms with Gasteiger partial charge in [-0.2, -0.15) is 0 Å². The molecule has 1 aromatic carbocycles. The van der Waals surface area contributed by atoms with Crippen molar-refractivity contribution in [2.24, 2.45) is 0 Å². The second-order valence-corrected chi connectivity index (χ2v) is 7.24. The Morgan fingerprint density at radius 3 is 2.75 bits per heavy atom. The third-order valence-electron chi connectivity index (χ3n) is 3.65. The second-order valence-electron chi connectivity index (χ2n) is 6.38. The van der Waals surface area contributed by atoms with Gasteiger partial charge in [0.25, 0.3) is 0 Å². The average molecular weight is 288 g/mol. The van der Waals surface area contributed by atoms with Crippen LogP contribution in [0.1, 0.15) is 43.1 Å². The van der Waals surface area contributed by atoms with Crippen molar-refractivity contribution in [1.82, 2.24) is 4.98 Å². The number of aliphatic hydroxyl groups excluding tert-OH is 1. The van der Waals surface area contributed by atoms with Crippen molar-refractivity contribution in [1.29, 1.82) is 0 Å². The lowest BCUT2D eigenvalue weighted by Crippen LogP contribution is -2.25. The monoisotopic (exact) mass is 288 g/mol. The highest BCUT2D eigenvalue weighted by Gasteiger charge is 2.30. The van der Waals surface area contributed by atoms with Crippen LogP contribution in [0.2, 0.25) is 0 Å². The fourth-order valence-corrected chi connectivity index (χ4v) is 3.43. The van der Waals surface area contributed by atoms with E-state index in [9.17, 15) is 5.11 Å². The molecule has 1 aliphatic heterocycles. The van der Waals surface area contributed by atoms with Gasteiger partial charge in [0.2, 0.25) is 0 Å². The summed E-state index contributed by atoms with van der Waals surface area (Å²) in [6.45, 7) is 6.43. The Kier molecular flexibility index (Phi) is 3.30. The van der Waals surface area contributed by atoms with Gasteiger partial charge in [-0.25, -0.2) is 4.98 Å². The number of anilines is 1. The van der Waals surface area contributed by atoms with Crippen LogP contribution in [0.5, 0.6) is 0 Å². The standard InChI is InChI=1S/C16H20N2OS/c1-16(2,3)15-18-13(9-20-15)14(19)12-8-10-6-4-5-7-11(10)17-12/h4-7,9,12,14,17,19H,8H2,1-3H3. The van der Waals surface area contributed by atoms with Gasteiger partial charge >= 0.3 is 0 Å². The Labute approximate surface area is 123 Å². The predicted molar refractivity (Wildman–Crippen MR) is 83.3 cm³/mol. The van der Waals surface area contributed by atoms with E-state index in [1.807, 2.05) is 17.5 Å². The Hall–Kier alpha value is -1.39. The molecule has 0 aliphatic carbocycles.